The molecule has 1 aromatic carbocycles. The molecule has 1 atom stereocenters. The molecule has 0 saturated carbocycles. The smallest absolute Gasteiger partial charge is 0.129 e. The van der Waals surface area contributed by atoms with Gasteiger partial charge in [0.05, 0.1) is 0 Å². The van der Waals surface area contributed by atoms with E-state index in [0.29, 0.717) is 0 Å². The standard InChI is InChI=1S/C14H14BrF2NS/c1-8-6-10(15)14(19-8)13(18-2)7-9-11(16)4-3-5-12(9)17/h3-6,13,18H,7H2,1-2H3. The fourth-order valence-electron chi connectivity index (χ4n) is 2.00. The largest absolute Gasteiger partial charge is 0.312 e. The average molecular weight is 346 g/mol. The highest BCUT2D eigenvalue weighted by molar-refractivity contribution is 9.10. The number of rotatable bonds is 4. The van der Waals surface area contributed by atoms with Crippen LogP contribution < -0.4 is 5.32 Å². The molecule has 0 saturated heterocycles. The van der Waals surface area contributed by atoms with Gasteiger partial charge in [-0.05, 0) is 54.5 Å². The summed E-state index contributed by atoms with van der Waals surface area (Å²) in [4.78, 5) is 2.22. The summed E-state index contributed by atoms with van der Waals surface area (Å²) in [6, 6.07) is 5.87. The van der Waals surface area contributed by atoms with Crippen LogP contribution in [0.2, 0.25) is 0 Å². The summed E-state index contributed by atoms with van der Waals surface area (Å²) in [6.45, 7) is 2.01. The van der Waals surface area contributed by atoms with E-state index in [1.54, 1.807) is 18.4 Å². The Hall–Kier alpha value is -0.780. The molecule has 5 heteroatoms. The van der Waals surface area contributed by atoms with Gasteiger partial charge in [0.2, 0.25) is 0 Å². The Kier molecular flexibility index (Phi) is 4.71. The van der Waals surface area contributed by atoms with Gasteiger partial charge in [0, 0.05) is 25.8 Å². The first-order valence-electron chi connectivity index (χ1n) is 5.89. The molecule has 0 radical (unpaired) electrons. The van der Waals surface area contributed by atoms with Crippen LogP contribution in [0.25, 0.3) is 0 Å². The number of thiophene rings is 1. The van der Waals surface area contributed by atoms with Crippen molar-refractivity contribution in [1.29, 1.82) is 0 Å². The van der Waals surface area contributed by atoms with Gasteiger partial charge in [0.1, 0.15) is 11.6 Å². The molecule has 2 aromatic rings. The molecule has 1 nitrogen and oxygen atoms in total. The van der Waals surface area contributed by atoms with Crippen molar-refractivity contribution in [2.75, 3.05) is 7.05 Å². The van der Waals surface area contributed by atoms with E-state index < -0.39 is 11.6 Å². The van der Waals surface area contributed by atoms with Crippen molar-refractivity contribution >= 4 is 27.3 Å². The summed E-state index contributed by atoms with van der Waals surface area (Å²) < 4.78 is 28.4. The number of hydrogen-bond donors (Lipinski definition) is 1. The van der Waals surface area contributed by atoms with Crippen molar-refractivity contribution in [3.05, 3.63) is 55.7 Å². The first-order chi connectivity index (χ1) is 9.02. The lowest BCUT2D eigenvalue weighted by Crippen LogP contribution is -2.19. The van der Waals surface area contributed by atoms with E-state index in [1.165, 1.54) is 18.2 Å². The molecular formula is C14H14BrF2NS. The molecule has 19 heavy (non-hydrogen) atoms. The van der Waals surface area contributed by atoms with E-state index >= 15 is 0 Å². The Balaban J connectivity index is 2.32. The summed E-state index contributed by atoms with van der Waals surface area (Å²) >= 11 is 5.12. The first-order valence-corrected chi connectivity index (χ1v) is 7.50. The van der Waals surface area contributed by atoms with E-state index in [9.17, 15) is 8.78 Å². The van der Waals surface area contributed by atoms with Crippen molar-refractivity contribution in [2.24, 2.45) is 0 Å². The maximum Gasteiger partial charge on any atom is 0.129 e. The predicted molar refractivity (Wildman–Crippen MR) is 78.6 cm³/mol. The van der Waals surface area contributed by atoms with Crippen molar-refractivity contribution in [3.63, 3.8) is 0 Å². The number of hydrogen-bond acceptors (Lipinski definition) is 2. The molecule has 0 aliphatic heterocycles. The lowest BCUT2D eigenvalue weighted by molar-refractivity contribution is 0.518. The molecular weight excluding hydrogens is 332 g/mol. The highest BCUT2D eigenvalue weighted by atomic mass is 79.9. The van der Waals surface area contributed by atoms with Crippen LogP contribution in [0.1, 0.15) is 21.4 Å². The lowest BCUT2D eigenvalue weighted by atomic mass is 10.0. The zero-order chi connectivity index (χ0) is 14.0. The minimum atomic E-state index is -0.496. The Labute approximate surface area is 123 Å². The molecule has 0 spiro atoms. The normalized spacial score (nSPS) is 12.7. The van der Waals surface area contributed by atoms with Gasteiger partial charge in [0.15, 0.2) is 0 Å². The van der Waals surface area contributed by atoms with Gasteiger partial charge in [-0.25, -0.2) is 8.78 Å². The molecule has 1 N–H and O–H groups in total. The van der Waals surface area contributed by atoms with Gasteiger partial charge in [-0.3, -0.25) is 0 Å². The van der Waals surface area contributed by atoms with Gasteiger partial charge in [-0.15, -0.1) is 11.3 Å². The van der Waals surface area contributed by atoms with E-state index in [0.717, 1.165) is 14.2 Å². The van der Waals surface area contributed by atoms with Gasteiger partial charge in [0.25, 0.3) is 0 Å². The predicted octanol–water partition coefficient (Wildman–Crippen LogP) is 4.60. The minimum Gasteiger partial charge on any atom is -0.312 e. The Morgan fingerprint density at radius 1 is 1.32 bits per heavy atom. The molecule has 102 valence electrons. The van der Waals surface area contributed by atoms with Crippen LogP contribution in [0.4, 0.5) is 8.78 Å². The monoisotopic (exact) mass is 345 g/mol. The number of likely N-dealkylation sites (N-methyl/N-ethyl adjacent to an activating group) is 1. The van der Waals surface area contributed by atoms with Crippen LogP contribution in [-0.2, 0) is 6.42 Å². The van der Waals surface area contributed by atoms with Gasteiger partial charge in [-0.1, -0.05) is 6.07 Å². The molecule has 1 unspecified atom stereocenters. The van der Waals surface area contributed by atoms with E-state index in [1.807, 2.05) is 13.0 Å². The second-order valence-electron chi connectivity index (χ2n) is 4.31. The molecule has 0 aliphatic carbocycles. The Morgan fingerprint density at radius 2 is 1.95 bits per heavy atom. The lowest BCUT2D eigenvalue weighted by Gasteiger charge is -2.16. The molecule has 0 aliphatic rings. The third-order valence-corrected chi connectivity index (χ3v) is 5.05. The van der Waals surface area contributed by atoms with E-state index in [2.05, 4.69) is 21.2 Å². The second-order valence-corrected chi connectivity index (χ2v) is 6.46. The van der Waals surface area contributed by atoms with Crippen LogP contribution in [-0.4, -0.2) is 7.05 Å². The highest BCUT2D eigenvalue weighted by Crippen LogP contribution is 2.34. The second kappa shape index (κ2) is 6.11. The fraction of sp³-hybridized carbons (Fsp3) is 0.286. The van der Waals surface area contributed by atoms with Crippen LogP contribution in [0.15, 0.2) is 28.7 Å². The Bertz CT molecular complexity index is 563. The highest BCUT2D eigenvalue weighted by Gasteiger charge is 2.19. The third kappa shape index (κ3) is 3.22. The van der Waals surface area contributed by atoms with Crippen LogP contribution in [0.5, 0.6) is 0 Å². The third-order valence-electron chi connectivity index (χ3n) is 2.97. The summed E-state index contributed by atoms with van der Waals surface area (Å²) in [6.07, 6.45) is 0.285. The molecule has 0 bridgehead atoms. The van der Waals surface area contributed by atoms with Gasteiger partial charge in [-0.2, -0.15) is 0 Å². The average Bonchev–Trinajstić information content (AvgIpc) is 2.68. The summed E-state index contributed by atoms with van der Waals surface area (Å²) in [7, 11) is 1.80. The number of halogens is 3. The van der Waals surface area contributed by atoms with E-state index in [-0.39, 0.29) is 18.0 Å². The van der Waals surface area contributed by atoms with Gasteiger partial charge >= 0.3 is 0 Å². The maximum absolute atomic E-state index is 13.7. The Morgan fingerprint density at radius 3 is 2.42 bits per heavy atom. The fourth-order valence-corrected chi connectivity index (χ4v) is 4.03. The molecule has 2 rings (SSSR count). The number of aryl methyl sites for hydroxylation is 1. The van der Waals surface area contributed by atoms with E-state index in [4.69, 9.17) is 0 Å². The SMILES string of the molecule is CNC(Cc1c(F)cccc1F)c1sc(C)cc1Br. The molecule has 0 fully saturated rings. The number of nitrogens with one attached hydrogen (secondary N) is 1. The topological polar surface area (TPSA) is 12.0 Å². The van der Waals surface area contributed by atoms with Crippen molar-refractivity contribution in [2.45, 2.75) is 19.4 Å². The van der Waals surface area contributed by atoms with Crippen LogP contribution in [0.3, 0.4) is 0 Å². The molecule has 1 aromatic heterocycles. The molecule has 0 amide bonds. The van der Waals surface area contributed by atoms with Crippen molar-refractivity contribution in [1.82, 2.24) is 5.32 Å². The zero-order valence-electron chi connectivity index (χ0n) is 10.6. The molecule has 1 heterocycles. The zero-order valence-corrected chi connectivity index (χ0v) is 13.0. The quantitative estimate of drug-likeness (QED) is 0.853. The first kappa shape index (κ1) is 14.6. The van der Waals surface area contributed by atoms with Crippen LogP contribution in [0, 0.1) is 18.6 Å². The maximum atomic E-state index is 13.7. The van der Waals surface area contributed by atoms with Gasteiger partial charge < -0.3 is 5.32 Å². The number of benzene rings is 1. The van der Waals surface area contributed by atoms with Crippen LogP contribution >= 0.6 is 27.3 Å². The summed E-state index contributed by atoms with van der Waals surface area (Å²) in [5, 5.41) is 3.12. The summed E-state index contributed by atoms with van der Waals surface area (Å²) in [5.41, 5.74) is 0.125. The van der Waals surface area contributed by atoms with Crippen molar-refractivity contribution < 1.29 is 8.78 Å². The minimum absolute atomic E-state index is 0.112. The van der Waals surface area contributed by atoms with Crippen molar-refractivity contribution in [3.8, 4) is 0 Å². The summed E-state index contributed by atoms with van der Waals surface area (Å²) in [5.74, 6) is -0.991.